The topological polar surface area (TPSA) is 94.5 Å². The Hall–Kier alpha value is -3.69. The molecule has 10 heteroatoms. The number of hydrogen-bond acceptors (Lipinski definition) is 8. The first-order valence-corrected chi connectivity index (χ1v) is 12.0. The molecule has 0 bridgehead atoms. The number of Topliss-reactive ketones (excluding diaryl/α,β-unsaturated/α-hetero) is 1. The summed E-state index contributed by atoms with van der Waals surface area (Å²) in [5, 5.41) is 13.6. The number of likely N-dealkylation sites (tertiary alicyclic amines) is 1. The SMILES string of the molecule is COc1ccc(Cl)cc1/C(O)=C1\C(=O)C(=O)N(Cc2cccs2)C1c1cc(OC)c(OC)c(OC)c1. The molecule has 1 fully saturated rings. The smallest absolute Gasteiger partial charge is 0.295 e. The number of rotatable bonds is 8. The van der Waals surface area contributed by atoms with Crippen LogP contribution in [-0.2, 0) is 16.1 Å². The van der Waals surface area contributed by atoms with Crippen molar-refractivity contribution in [3.8, 4) is 23.0 Å². The Morgan fingerprint density at radius 1 is 0.972 bits per heavy atom. The van der Waals surface area contributed by atoms with E-state index in [9.17, 15) is 14.7 Å². The van der Waals surface area contributed by atoms with Crippen LogP contribution in [0.5, 0.6) is 23.0 Å². The van der Waals surface area contributed by atoms with Crippen LogP contribution < -0.4 is 18.9 Å². The first-order valence-electron chi connectivity index (χ1n) is 10.8. The van der Waals surface area contributed by atoms with E-state index in [0.29, 0.717) is 33.6 Å². The van der Waals surface area contributed by atoms with Gasteiger partial charge in [-0.1, -0.05) is 17.7 Å². The lowest BCUT2D eigenvalue weighted by Gasteiger charge is -2.26. The molecule has 0 radical (unpaired) electrons. The molecule has 188 valence electrons. The molecule has 2 aromatic carbocycles. The van der Waals surface area contributed by atoms with E-state index >= 15 is 0 Å². The fraction of sp³-hybridized carbons (Fsp3) is 0.231. The van der Waals surface area contributed by atoms with Crippen molar-refractivity contribution in [3.63, 3.8) is 0 Å². The zero-order valence-corrected chi connectivity index (χ0v) is 21.6. The van der Waals surface area contributed by atoms with Gasteiger partial charge in [0.15, 0.2) is 11.5 Å². The van der Waals surface area contributed by atoms with Crippen molar-refractivity contribution >= 4 is 40.4 Å². The number of aliphatic hydroxyl groups excluding tert-OH is 1. The molecule has 1 aliphatic heterocycles. The molecular weight excluding hydrogens is 506 g/mol. The molecule has 1 aromatic heterocycles. The van der Waals surface area contributed by atoms with E-state index in [1.807, 2.05) is 17.5 Å². The maximum Gasteiger partial charge on any atom is 0.295 e. The van der Waals surface area contributed by atoms with Crippen molar-refractivity contribution in [2.75, 3.05) is 28.4 Å². The Morgan fingerprint density at radius 3 is 2.19 bits per heavy atom. The van der Waals surface area contributed by atoms with Crippen LogP contribution in [0.4, 0.5) is 0 Å². The highest BCUT2D eigenvalue weighted by Gasteiger charge is 2.47. The third-order valence-corrected chi connectivity index (χ3v) is 6.96. The van der Waals surface area contributed by atoms with Gasteiger partial charge >= 0.3 is 0 Å². The van der Waals surface area contributed by atoms with Gasteiger partial charge in [0.2, 0.25) is 5.75 Å². The van der Waals surface area contributed by atoms with Crippen LogP contribution in [0.2, 0.25) is 5.02 Å². The normalized spacial score (nSPS) is 16.8. The molecule has 1 atom stereocenters. The predicted molar refractivity (Wildman–Crippen MR) is 136 cm³/mol. The van der Waals surface area contributed by atoms with Crippen molar-refractivity contribution in [3.05, 3.63) is 74.4 Å². The highest BCUT2D eigenvalue weighted by Crippen LogP contribution is 2.47. The summed E-state index contributed by atoms with van der Waals surface area (Å²) in [6.45, 7) is 0.160. The molecule has 36 heavy (non-hydrogen) atoms. The number of thiophene rings is 1. The number of halogens is 1. The van der Waals surface area contributed by atoms with E-state index < -0.39 is 23.5 Å². The van der Waals surface area contributed by atoms with E-state index in [-0.39, 0.29) is 17.7 Å². The highest BCUT2D eigenvalue weighted by molar-refractivity contribution is 7.09. The summed E-state index contributed by atoms with van der Waals surface area (Å²) < 4.78 is 21.8. The molecule has 1 saturated heterocycles. The molecule has 0 aliphatic carbocycles. The molecule has 3 aromatic rings. The van der Waals surface area contributed by atoms with Gasteiger partial charge in [0.25, 0.3) is 11.7 Å². The van der Waals surface area contributed by atoms with Crippen LogP contribution in [0.1, 0.15) is 22.0 Å². The summed E-state index contributed by atoms with van der Waals surface area (Å²) in [5.74, 6) is -0.641. The minimum atomic E-state index is -0.954. The number of benzene rings is 2. The quantitative estimate of drug-likeness (QED) is 0.248. The van der Waals surface area contributed by atoms with Crippen LogP contribution in [0.3, 0.4) is 0 Å². The van der Waals surface area contributed by atoms with Crippen LogP contribution in [-0.4, -0.2) is 50.1 Å². The van der Waals surface area contributed by atoms with Crippen molar-refractivity contribution < 1.29 is 33.6 Å². The summed E-state index contributed by atoms with van der Waals surface area (Å²) in [6, 6.07) is 10.7. The number of nitrogens with zero attached hydrogens (tertiary/aromatic N) is 1. The van der Waals surface area contributed by atoms with Crippen LogP contribution >= 0.6 is 22.9 Å². The van der Waals surface area contributed by atoms with E-state index in [2.05, 4.69) is 0 Å². The summed E-state index contributed by atoms with van der Waals surface area (Å²) in [4.78, 5) is 29.0. The number of ether oxygens (including phenoxy) is 4. The second-order valence-corrected chi connectivity index (χ2v) is 9.28. The molecule has 2 heterocycles. The fourth-order valence-electron chi connectivity index (χ4n) is 4.23. The molecule has 0 saturated carbocycles. The zero-order chi connectivity index (χ0) is 26.0. The minimum Gasteiger partial charge on any atom is -0.507 e. The number of methoxy groups -OCH3 is 4. The standard InChI is InChI=1S/C26H24ClNO7S/c1-32-18-8-7-15(27)12-17(18)23(29)21-22(14-10-19(33-2)25(35-4)20(11-14)34-3)28(26(31)24(21)30)13-16-6-5-9-36-16/h5-12,22,29H,13H2,1-4H3/b23-21+. The summed E-state index contributed by atoms with van der Waals surface area (Å²) in [7, 11) is 5.86. The van der Waals surface area contributed by atoms with Crippen molar-refractivity contribution in [2.24, 2.45) is 0 Å². The molecule has 8 nitrogen and oxygen atoms in total. The van der Waals surface area contributed by atoms with Gasteiger partial charge in [0.05, 0.1) is 52.2 Å². The summed E-state index contributed by atoms with van der Waals surface area (Å²) >= 11 is 7.64. The predicted octanol–water partition coefficient (Wildman–Crippen LogP) is 5.06. The van der Waals surface area contributed by atoms with E-state index in [4.69, 9.17) is 30.5 Å². The maximum absolute atomic E-state index is 13.4. The highest BCUT2D eigenvalue weighted by atomic mass is 35.5. The molecule has 1 unspecified atom stereocenters. The lowest BCUT2D eigenvalue weighted by molar-refractivity contribution is -0.140. The Kier molecular flexibility index (Phi) is 7.42. The van der Waals surface area contributed by atoms with Gasteiger partial charge in [-0.3, -0.25) is 9.59 Å². The molecule has 1 amide bonds. The Labute approximate surface area is 217 Å². The maximum atomic E-state index is 13.4. The van der Waals surface area contributed by atoms with E-state index in [0.717, 1.165) is 4.88 Å². The van der Waals surface area contributed by atoms with E-state index in [1.54, 1.807) is 24.3 Å². The van der Waals surface area contributed by atoms with Crippen LogP contribution in [0.25, 0.3) is 5.76 Å². The van der Waals surface area contributed by atoms with Gasteiger partial charge < -0.3 is 29.0 Å². The second-order valence-electron chi connectivity index (χ2n) is 7.81. The number of carbonyl (C=O) groups is 2. The molecule has 0 spiro atoms. The number of ketones is 1. The van der Waals surface area contributed by atoms with Crippen LogP contribution in [0, 0.1) is 0 Å². The van der Waals surface area contributed by atoms with Crippen molar-refractivity contribution in [1.29, 1.82) is 0 Å². The third-order valence-electron chi connectivity index (χ3n) is 5.87. The average molecular weight is 530 g/mol. The number of carbonyl (C=O) groups excluding carboxylic acids is 2. The molecule has 4 rings (SSSR count). The third kappa shape index (κ3) is 4.47. The van der Waals surface area contributed by atoms with Gasteiger partial charge in [0, 0.05) is 9.90 Å². The molecule has 1 aliphatic rings. The van der Waals surface area contributed by atoms with Gasteiger partial charge in [-0.05, 0) is 47.3 Å². The summed E-state index contributed by atoms with van der Waals surface area (Å²) in [6.07, 6.45) is 0. The fourth-order valence-corrected chi connectivity index (χ4v) is 5.10. The average Bonchev–Trinajstić information content (AvgIpc) is 3.49. The minimum absolute atomic E-state index is 0.105. The lowest BCUT2D eigenvalue weighted by atomic mass is 9.94. The Balaban J connectivity index is 1.99. The van der Waals surface area contributed by atoms with Gasteiger partial charge in [-0.15, -0.1) is 11.3 Å². The lowest BCUT2D eigenvalue weighted by Crippen LogP contribution is -2.29. The molecule has 1 N–H and O–H groups in total. The first kappa shape index (κ1) is 25.4. The van der Waals surface area contributed by atoms with Gasteiger partial charge in [-0.2, -0.15) is 0 Å². The largest absolute Gasteiger partial charge is 0.507 e. The van der Waals surface area contributed by atoms with Gasteiger partial charge in [0.1, 0.15) is 11.5 Å². The summed E-state index contributed by atoms with van der Waals surface area (Å²) in [5.41, 5.74) is 0.575. The Morgan fingerprint density at radius 2 is 1.64 bits per heavy atom. The first-order chi connectivity index (χ1) is 17.3. The number of amides is 1. The van der Waals surface area contributed by atoms with Crippen molar-refractivity contribution in [1.82, 2.24) is 4.90 Å². The van der Waals surface area contributed by atoms with E-state index in [1.165, 1.54) is 50.7 Å². The molecular formula is C26H24ClNO7S. The number of hydrogen-bond donors (Lipinski definition) is 1. The van der Waals surface area contributed by atoms with Gasteiger partial charge in [-0.25, -0.2) is 0 Å². The Bertz CT molecular complexity index is 1310. The van der Waals surface area contributed by atoms with Crippen LogP contribution in [0.15, 0.2) is 53.4 Å². The monoisotopic (exact) mass is 529 g/mol. The second kappa shape index (κ2) is 10.5. The zero-order valence-electron chi connectivity index (χ0n) is 20.0. The van der Waals surface area contributed by atoms with Crippen molar-refractivity contribution in [2.45, 2.75) is 12.6 Å². The number of aliphatic hydroxyl groups is 1.